The number of amides is 1. The molecule has 0 atom stereocenters. The van der Waals surface area contributed by atoms with Gasteiger partial charge in [0.05, 0.1) is 24.8 Å². The highest BCUT2D eigenvalue weighted by molar-refractivity contribution is 7.00. The molecule has 1 aliphatic rings. The largest absolute Gasteiger partial charge is 0.471 e. The van der Waals surface area contributed by atoms with E-state index in [1.165, 1.54) is 12.1 Å². The molecule has 3 heterocycles. The molecule has 0 radical (unpaired) electrons. The topological polar surface area (TPSA) is 68.2 Å². The molecule has 26 heavy (non-hydrogen) atoms. The SMILES string of the molecule is O=C(c1ccc2nsnc2c1)N1CC(Oc2cccc(C(F)(F)F)n2)C1. The lowest BCUT2D eigenvalue weighted by Crippen LogP contribution is -2.56. The van der Waals surface area contributed by atoms with Gasteiger partial charge < -0.3 is 9.64 Å². The first-order valence-corrected chi connectivity index (χ1v) is 8.36. The number of benzene rings is 1. The first-order valence-electron chi connectivity index (χ1n) is 7.63. The summed E-state index contributed by atoms with van der Waals surface area (Å²) < 4.78 is 51.6. The van der Waals surface area contributed by atoms with Gasteiger partial charge in [0.2, 0.25) is 5.88 Å². The number of nitrogens with zero attached hydrogens (tertiary/aromatic N) is 4. The second-order valence-electron chi connectivity index (χ2n) is 5.78. The van der Waals surface area contributed by atoms with Crippen LogP contribution in [0.4, 0.5) is 13.2 Å². The molecule has 0 unspecified atom stereocenters. The van der Waals surface area contributed by atoms with Gasteiger partial charge in [-0.25, -0.2) is 4.98 Å². The Morgan fingerprint density at radius 3 is 2.69 bits per heavy atom. The van der Waals surface area contributed by atoms with Crippen LogP contribution in [0.25, 0.3) is 11.0 Å². The highest BCUT2D eigenvalue weighted by atomic mass is 32.1. The molecule has 0 aliphatic carbocycles. The van der Waals surface area contributed by atoms with Crippen LogP contribution in [0.5, 0.6) is 5.88 Å². The second-order valence-corrected chi connectivity index (χ2v) is 6.30. The number of aromatic nitrogens is 3. The normalized spacial score (nSPS) is 15.1. The predicted molar refractivity (Wildman–Crippen MR) is 87.0 cm³/mol. The molecule has 10 heteroatoms. The monoisotopic (exact) mass is 380 g/mol. The number of halogens is 3. The minimum atomic E-state index is -4.52. The molecule has 0 N–H and O–H groups in total. The van der Waals surface area contributed by atoms with Crippen LogP contribution in [0.2, 0.25) is 0 Å². The van der Waals surface area contributed by atoms with Crippen molar-refractivity contribution in [1.29, 1.82) is 0 Å². The molecule has 1 fully saturated rings. The van der Waals surface area contributed by atoms with Crippen molar-refractivity contribution in [2.45, 2.75) is 12.3 Å². The molecule has 1 aromatic carbocycles. The Kier molecular flexibility index (Phi) is 3.98. The van der Waals surface area contributed by atoms with Crippen molar-refractivity contribution in [3.05, 3.63) is 47.7 Å². The molecule has 1 amide bonds. The molecule has 0 saturated carbocycles. The van der Waals surface area contributed by atoms with Gasteiger partial charge in [-0.05, 0) is 24.3 Å². The van der Waals surface area contributed by atoms with Crippen molar-refractivity contribution in [1.82, 2.24) is 18.6 Å². The van der Waals surface area contributed by atoms with Gasteiger partial charge in [0.15, 0.2) is 0 Å². The van der Waals surface area contributed by atoms with Gasteiger partial charge in [0.1, 0.15) is 22.8 Å². The molecule has 134 valence electrons. The molecule has 6 nitrogen and oxygen atoms in total. The summed E-state index contributed by atoms with van der Waals surface area (Å²) >= 11 is 1.07. The van der Waals surface area contributed by atoms with Gasteiger partial charge in [0.25, 0.3) is 5.91 Å². The van der Waals surface area contributed by atoms with E-state index in [1.807, 2.05) is 0 Å². The molecule has 0 bridgehead atoms. The number of pyridine rings is 1. The number of ether oxygens (including phenoxy) is 1. The molecule has 2 aromatic heterocycles. The van der Waals surface area contributed by atoms with Crippen LogP contribution in [0.3, 0.4) is 0 Å². The van der Waals surface area contributed by atoms with E-state index >= 15 is 0 Å². The van der Waals surface area contributed by atoms with Crippen molar-refractivity contribution in [3.8, 4) is 5.88 Å². The third kappa shape index (κ3) is 3.19. The van der Waals surface area contributed by atoms with E-state index in [1.54, 1.807) is 23.1 Å². The highest BCUT2D eigenvalue weighted by Crippen LogP contribution is 2.29. The van der Waals surface area contributed by atoms with E-state index in [4.69, 9.17) is 4.74 Å². The Balaban J connectivity index is 1.38. The van der Waals surface area contributed by atoms with Crippen LogP contribution in [0.1, 0.15) is 16.1 Å². The quantitative estimate of drug-likeness (QED) is 0.699. The summed E-state index contributed by atoms with van der Waals surface area (Å²) in [6.45, 7) is 0.564. The zero-order valence-electron chi connectivity index (χ0n) is 13.1. The van der Waals surface area contributed by atoms with Crippen molar-refractivity contribution >= 4 is 28.7 Å². The van der Waals surface area contributed by atoms with Gasteiger partial charge in [-0.1, -0.05) is 6.07 Å². The fraction of sp³-hybridized carbons (Fsp3) is 0.250. The van der Waals surface area contributed by atoms with E-state index in [-0.39, 0.29) is 31.0 Å². The molecule has 1 saturated heterocycles. The summed E-state index contributed by atoms with van der Waals surface area (Å²) in [5.74, 6) is -0.288. The molecular weight excluding hydrogens is 369 g/mol. The lowest BCUT2D eigenvalue weighted by molar-refractivity contribution is -0.141. The third-order valence-electron chi connectivity index (χ3n) is 3.94. The molecule has 1 aliphatic heterocycles. The molecular formula is C16H11F3N4O2S. The second kappa shape index (κ2) is 6.20. The minimum Gasteiger partial charge on any atom is -0.471 e. The summed E-state index contributed by atoms with van der Waals surface area (Å²) in [6.07, 6.45) is -4.91. The van der Waals surface area contributed by atoms with Crippen LogP contribution in [0.15, 0.2) is 36.4 Å². The van der Waals surface area contributed by atoms with E-state index in [9.17, 15) is 18.0 Å². The van der Waals surface area contributed by atoms with Crippen LogP contribution < -0.4 is 4.74 Å². The van der Waals surface area contributed by atoms with Crippen molar-refractivity contribution in [3.63, 3.8) is 0 Å². The van der Waals surface area contributed by atoms with Crippen molar-refractivity contribution in [2.24, 2.45) is 0 Å². The van der Waals surface area contributed by atoms with Crippen LogP contribution in [-0.2, 0) is 6.18 Å². The number of hydrogen-bond donors (Lipinski definition) is 0. The average molecular weight is 380 g/mol. The van der Waals surface area contributed by atoms with Gasteiger partial charge in [-0.15, -0.1) is 0 Å². The minimum absolute atomic E-state index is 0.105. The summed E-state index contributed by atoms with van der Waals surface area (Å²) in [5, 5.41) is 0. The van der Waals surface area contributed by atoms with E-state index in [0.29, 0.717) is 11.1 Å². The number of carbonyl (C=O) groups excluding carboxylic acids is 1. The van der Waals surface area contributed by atoms with E-state index in [2.05, 4.69) is 13.7 Å². The Morgan fingerprint density at radius 1 is 1.15 bits per heavy atom. The fourth-order valence-corrected chi connectivity index (χ4v) is 3.10. The van der Waals surface area contributed by atoms with Gasteiger partial charge in [-0.3, -0.25) is 4.79 Å². The maximum atomic E-state index is 12.7. The Morgan fingerprint density at radius 2 is 1.92 bits per heavy atom. The maximum Gasteiger partial charge on any atom is 0.433 e. The fourth-order valence-electron chi connectivity index (χ4n) is 2.59. The number of hydrogen-bond acceptors (Lipinski definition) is 6. The number of carbonyl (C=O) groups is 1. The standard InChI is InChI=1S/C16H11F3N4O2S/c17-16(18,19)13-2-1-3-14(20-13)25-10-7-23(8-10)15(24)9-4-5-11-12(6-9)22-26-21-11/h1-6,10H,7-8H2. The Bertz CT molecular complexity index is 969. The first kappa shape index (κ1) is 16.7. The number of fused-ring (bicyclic) bond motifs is 1. The number of rotatable bonds is 3. The lowest BCUT2D eigenvalue weighted by Gasteiger charge is -2.38. The maximum absolute atomic E-state index is 12.7. The molecule has 0 spiro atoms. The summed E-state index contributed by atoms with van der Waals surface area (Å²) in [5.41, 5.74) is 0.864. The summed E-state index contributed by atoms with van der Waals surface area (Å²) in [6, 6.07) is 8.56. The third-order valence-corrected chi connectivity index (χ3v) is 4.49. The zero-order chi connectivity index (χ0) is 18.3. The zero-order valence-corrected chi connectivity index (χ0v) is 13.9. The first-order chi connectivity index (χ1) is 12.4. The average Bonchev–Trinajstić information content (AvgIpc) is 3.04. The smallest absolute Gasteiger partial charge is 0.433 e. The van der Waals surface area contributed by atoms with Crippen molar-refractivity contribution in [2.75, 3.05) is 13.1 Å². The summed E-state index contributed by atoms with van der Waals surface area (Å²) in [7, 11) is 0. The van der Waals surface area contributed by atoms with Crippen LogP contribution >= 0.6 is 11.7 Å². The molecule has 3 aromatic rings. The van der Waals surface area contributed by atoms with Gasteiger partial charge in [0, 0.05) is 11.6 Å². The van der Waals surface area contributed by atoms with Crippen LogP contribution in [-0.4, -0.2) is 43.7 Å². The Labute approximate surface area is 149 Å². The lowest BCUT2D eigenvalue weighted by atomic mass is 10.1. The van der Waals surface area contributed by atoms with E-state index < -0.39 is 11.9 Å². The van der Waals surface area contributed by atoms with E-state index in [0.717, 1.165) is 23.3 Å². The summed E-state index contributed by atoms with van der Waals surface area (Å²) in [4.78, 5) is 17.4. The highest BCUT2D eigenvalue weighted by Gasteiger charge is 2.35. The number of alkyl halides is 3. The van der Waals surface area contributed by atoms with Crippen LogP contribution in [0, 0.1) is 0 Å². The Hall–Kier alpha value is -2.75. The number of likely N-dealkylation sites (tertiary alicyclic amines) is 1. The molecule has 4 rings (SSSR count). The van der Waals surface area contributed by atoms with Crippen molar-refractivity contribution < 1.29 is 22.7 Å². The van der Waals surface area contributed by atoms with Gasteiger partial charge in [-0.2, -0.15) is 21.9 Å². The predicted octanol–water partition coefficient (Wildman–Crippen LogP) is 3.01. The van der Waals surface area contributed by atoms with Gasteiger partial charge >= 0.3 is 6.18 Å².